The maximum absolute atomic E-state index is 5.83. The second kappa shape index (κ2) is 6.67. The molecule has 0 aliphatic heterocycles. The van der Waals surface area contributed by atoms with E-state index in [9.17, 15) is 0 Å². The molecule has 0 amide bonds. The van der Waals surface area contributed by atoms with Crippen molar-refractivity contribution in [1.29, 1.82) is 0 Å². The zero-order chi connectivity index (χ0) is 17.2. The largest absolute Gasteiger partial charge is 0.368 e. The van der Waals surface area contributed by atoms with Crippen LogP contribution in [-0.2, 0) is 5.75 Å². The Labute approximate surface area is 149 Å². The van der Waals surface area contributed by atoms with Gasteiger partial charge in [-0.2, -0.15) is 15.0 Å². The second-order valence-electron chi connectivity index (χ2n) is 5.84. The summed E-state index contributed by atoms with van der Waals surface area (Å²) < 4.78 is 2.19. The number of para-hydroxylation sites is 1. The summed E-state index contributed by atoms with van der Waals surface area (Å²) in [6, 6.07) is 10.3. The third kappa shape index (κ3) is 3.71. The van der Waals surface area contributed by atoms with Crippen molar-refractivity contribution >= 4 is 29.3 Å². The van der Waals surface area contributed by atoms with E-state index in [1.165, 1.54) is 12.8 Å². The summed E-state index contributed by atoms with van der Waals surface area (Å²) in [4.78, 5) is 12.8. The highest BCUT2D eigenvalue weighted by molar-refractivity contribution is 7.98. The molecular weight excluding hydrogens is 336 g/mol. The summed E-state index contributed by atoms with van der Waals surface area (Å²) in [6.45, 7) is 1.98. The van der Waals surface area contributed by atoms with E-state index >= 15 is 0 Å². The molecule has 0 unspecified atom stereocenters. The number of benzene rings is 1. The molecule has 3 aromatic rings. The Morgan fingerprint density at radius 2 is 1.96 bits per heavy atom. The lowest BCUT2D eigenvalue weighted by atomic mass is 10.3. The van der Waals surface area contributed by atoms with E-state index in [4.69, 9.17) is 5.73 Å². The first-order valence-electron chi connectivity index (χ1n) is 8.06. The molecule has 8 nitrogen and oxygen atoms in total. The quantitative estimate of drug-likeness (QED) is 0.651. The number of aryl methyl sites for hydroxylation is 1. The Hall–Kier alpha value is -2.68. The minimum Gasteiger partial charge on any atom is -0.368 e. The van der Waals surface area contributed by atoms with Gasteiger partial charge in [0.05, 0.1) is 5.75 Å². The number of thioether (sulfide) groups is 1. The van der Waals surface area contributed by atoms with Crippen LogP contribution in [0.1, 0.15) is 30.5 Å². The van der Waals surface area contributed by atoms with E-state index in [1.807, 2.05) is 37.3 Å². The van der Waals surface area contributed by atoms with Gasteiger partial charge in [-0.3, -0.25) is 0 Å². The highest BCUT2D eigenvalue weighted by Gasteiger charge is 2.28. The van der Waals surface area contributed by atoms with Crippen molar-refractivity contribution in [3.8, 4) is 0 Å². The van der Waals surface area contributed by atoms with Crippen LogP contribution in [0.3, 0.4) is 0 Å². The first-order valence-corrected chi connectivity index (χ1v) is 9.04. The Morgan fingerprint density at radius 1 is 1.16 bits per heavy atom. The molecule has 1 aliphatic carbocycles. The van der Waals surface area contributed by atoms with Crippen molar-refractivity contribution < 1.29 is 0 Å². The number of nitrogens with one attached hydrogen (secondary N) is 1. The average Bonchev–Trinajstić information content (AvgIpc) is 3.36. The van der Waals surface area contributed by atoms with Gasteiger partial charge in [0.2, 0.25) is 11.9 Å². The standard InChI is InChI=1S/C16H18N8S/c1-10-22-23-16(24(10)12-7-8-12)25-9-13-19-14(17)21-15(20-13)18-11-5-3-2-4-6-11/h2-6,12H,7-9H2,1H3,(H3,17,18,19,20,21). The van der Waals surface area contributed by atoms with Gasteiger partial charge in [0, 0.05) is 11.7 Å². The SMILES string of the molecule is Cc1nnc(SCc2nc(N)nc(Nc3ccccc3)n2)n1C1CC1. The van der Waals surface area contributed by atoms with Crippen molar-refractivity contribution in [3.05, 3.63) is 42.0 Å². The number of nitrogen functional groups attached to an aromatic ring is 1. The van der Waals surface area contributed by atoms with Crippen molar-refractivity contribution in [2.24, 2.45) is 0 Å². The van der Waals surface area contributed by atoms with Gasteiger partial charge in [-0.25, -0.2) is 0 Å². The summed E-state index contributed by atoms with van der Waals surface area (Å²) in [5, 5.41) is 12.5. The van der Waals surface area contributed by atoms with Crippen molar-refractivity contribution in [1.82, 2.24) is 29.7 Å². The number of hydrogen-bond donors (Lipinski definition) is 2. The van der Waals surface area contributed by atoms with Gasteiger partial charge in [-0.1, -0.05) is 30.0 Å². The molecule has 4 rings (SSSR count). The minimum atomic E-state index is 0.198. The van der Waals surface area contributed by atoms with Gasteiger partial charge in [0.25, 0.3) is 0 Å². The van der Waals surface area contributed by atoms with E-state index in [1.54, 1.807) is 11.8 Å². The predicted molar refractivity (Wildman–Crippen MR) is 96.6 cm³/mol. The fraction of sp³-hybridized carbons (Fsp3) is 0.312. The Kier molecular flexibility index (Phi) is 4.22. The molecule has 1 saturated carbocycles. The van der Waals surface area contributed by atoms with Crippen molar-refractivity contribution in [2.45, 2.75) is 36.7 Å². The highest BCUT2D eigenvalue weighted by Crippen LogP contribution is 2.38. The molecule has 2 aromatic heterocycles. The molecule has 9 heteroatoms. The fourth-order valence-corrected chi connectivity index (χ4v) is 3.45. The van der Waals surface area contributed by atoms with Crippen LogP contribution in [-0.4, -0.2) is 29.7 Å². The van der Waals surface area contributed by atoms with Crippen LogP contribution in [0.5, 0.6) is 0 Å². The lowest BCUT2D eigenvalue weighted by Gasteiger charge is -2.08. The Bertz CT molecular complexity index is 875. The molecule has 0 radical (unpaired) electrons. The fourth-order valence-electron chi connectivity index (χ4n) is 2.54. The van der Waals surface area contributed by atoms with Gasteiger partial charge < -0.3 is 15.6 Å². The lowest BCUT2D eigenvalue weighted by molar-refractivity contribution is 0.644. The molecule has 1 aliphatic rings. The van der Waals surface area contributed by atoms with Gasteiger partial charge in [-0.15, -0.1) is 10.2 Å². The van der Waals surface area contributed by atoms with E-state index in [2.05, 4.69) is 35.0 Å². The topological polar surface area (TPSA) is 107 Å². The molecule has 0 saturated heterocycles. The Balaban J connectivity index is 1.49. The molecule has 128 valence electrons. The maximum Gasteiger partial charge on any atom is 0.232 e. The van der Waals surface area contributed by atoms with Gasteiger partial charge >= 0.3 is 0 Å². The van der Waals surface area contributed by atoms with Gasteiger partial charge in [-0.05, 0) is 31.9 Å². The van der Waals surface area contributed by atoms with Crippen molar-refractivity contribution in [3.63, 3.8) is 0 Å². The van der Waals surface area contributed by atoms with Gasteiger partial charge in [0.1, 0.15) is 11.6 Å². The number of hydrogen-bond acceptors (Lipinski definition) is 8. The van der Waals surface area contributed by atoms with Crippen LogP contribution in [0, 0.1) is 6.92 Å². The summed E-state index contributed by atoms with van der Waals surface area (Å²) in [5.74, 6) is 2.75. The summed E-state index contributed by atoms with van der Waals surface area (Å²) >= 11 is 1.57. The first kappa shape index (κ1) is 15.8. The van der Waals surface area contributed by atoms with E-state index in [0.717, 1.165) is 16.7 Å². The van der Waals surface area contributed by atoms with Gasteiger partial charge in [0.15, 0.2) is 5.16 Å². The summed E-state index contributed by atoms with van der Waals surface area (Å²) in [7, 11) is 0. The smallest absolute Gasteiger partial charge is 0.232 e. The molecule has 3 N–H and O–H groups in total. The number of rotatable bonds is 6. The van der Waals surface area contributed by atoms with Crippen LogP contribution in [0.25, 0.3) is 0 Å². The number of nitrogens with zero attached hydrogens (tertiary/aromatic N) is 6. The second-order valence-corrected chi connectivity index (χ2v) is 6.79. The van der Waals surface area contributed by atoms with E-state index < -0.39 is 0 Å². The zero-order valence-corrected chi connectivity index (χ0v) is 14.6. The van der Waals surface area contributed by atoms with E-state index in [-0.39, 0.29) is 5.95 Å². The summed E-state index contributed by atoms with van der Waals surface area (Å²) in [6.07, 6.45) is 2.38. The lowest BCUT2D eigenvalue weighted by Crippen LogP contribution is -2.07. The van der Waals surface area contributed by atoms with Crippen molar-refractivity contribution in [2.75, 3.05) is 11.1 Å². The molecule has 2 heterocycles. The summed E-state index contributed by atoms with van der Waals surface area (Å²) in [5.41, 5.74) is 6.73. The monoisotopic (exact) mass is 354 g/mol. The number of aromatic nitrogens is 6. The molecule has 0 spiro atoms. The molecular formula is C16H18N8S. The molecule has 1 aromatic carbocycles. The van der Waals surface area contributed by atoms with Crippen LogP contribution < -0.4 is 11.1 Å². The van der Waals surface area contributed by atoms with Crippen LogP contribution >= 0.6 is 11.8 Å². The average molecular weight is 354 g/mol. The minimum absolute atomic E-state index is 0.198. The third-order valence-electron chi connectivity index (χ3n) is 3.81. The normalized spacial score (nSPS) is 13.8. The van der Waals surface area contributed by atoms with Crippen LogP contribution in [0.2, 0.25) is 0 Å². The molecule has 25 heavy (non-hydrogen) atoms. The number of nitrogens with two attached hydrogens (primary N) is 1. The van der Waals surface area contributed by atoms with Crippen LogP contribution in [0.4, 0.5) is 17.6 Å². The van der Waals surface area contributed by atoms with Crippen LogP contribution in [0.15, 0.2) is 35.5 Å². The molecule has 0 atom stereocenters. The molecule has 0 bridgehead atoms. The number of anilines is 3. The third-order valence-corrected chi connectivity index (χ3v) is 4.75. The highest BCUT2D eigenvalue weighted by atomic mass is 32.2. The maximum atomic E-state index is 5.83. The van der Waals surface area contributed by atoms with E-state index in [0.29, 0.717) is 23.6 Å². The predicted octanol–water partition coefficient (Wildman–Crippen LogP) is 2.72. The first-order chi connectivity index (χ1) is 12.2. The zero-order valence-electron chi connectivity index (χ0n) is 13.8. The Morgan fingerprint density at radius 3 is 2.72 bits per heavy atom. The molecule has 1 fully saturated rings.